The number of benzene rings is 2. The van der Waals surface area contributed by atoms with Gasteiger partial charge >= 0.3 is 6.18 Å². The summed E-state index contributed by atoms with van der Waals surface area (Å²) >= 11 is 0. The Hall–Kier alpha value is -3.69. The van der Waals surface area contributed by atoms with Gasteiger partial charge in [-0.3, -0.25) is 14.9 Å². The highest BCUT2D eigenvalue weighted by atomic mass is 19.4. The van der Waals surface area contributed by atoms with Gasteiger partial charge in [-0.05, 0) is 18.1 Å². The van der Waals surface area contributed by atoms with Crippen molar-refractivity contribution in [3.05, 3.63) is 87.7 Å². The Balaban J connectivity index is 1.91. The predicted octanol–water partition coefficient (Wildman–Crippen LogP) is 3.77. The van der Waals surface area contributed by atoms with Gasteiger partial charge < -0.3 is 5.32 Å². The van der Waals surface area contributed by atoms with Crippen molar-refractivity contribution in [1.82, 2.24) is 15.1 Å². The van der Waals surface area contributed by atoms with Crippen molar-refractivity contribution in [1.29, 1.82) is 0 Å². The molecule has 0 bridgehead atoms. The van der Waals surface area contributed by atoms with E-state index in [1.165, 1.54) is 12.1 Å². The van der Waals surface area contributed by atoms with E-state index in [9.17, 15) is 28.1 Å². The first kappa shape index (κ1) is 20.1. The molecule has 10 heteroatoms. The average molecular weight is 404 g/mol. The number of aromatic nitrogens is 2. The molecule has 2 aromatic carbocycles. The molecule has 0 atom stereocenters. The van der Waals surface area contributed by atoms with E-state index in [4.69, 9.17) is 0 Å². The van der Waals surface area contributed by atoms with Crippen molar-refractivity contribution in [2.24, 2.45) is 0 Å². The van der Waals surface area contributed by atoms with Gasteiger partial charge in [-0.25, -0.2) is 4.68 Å². The standard InChI is InChI=1S/C19H15F3N4O3/c20-19(21,22)17-14(18(27)23-11-10-13-6-2-1-3-7-13)12-24-25(17)15-8-4-5-9-16(15)26(28)29/h1-9,12H,10-11H2,(H,23,27). The molecule has 3 aromatic rings. The maximum absolute atomic E-state index is 13.7. The van der Waals surface area contributed by atoms with E-state index in [1.54, 1.807) is 0 Å². The number of carbonyl (C=O) groups is 1. The molecule has 0 radical (unpaired) electrons. The molecule has 0 saturated carbocycles. The number of amides is 1. The maximum atomic E-state index is 13.7. The van der Waals surface area contributed by atoms with E-state index in [1.807, 2.05) is 30.3 Å². The van der Waals surface area contributed by atoms with E-state index < -0.39 is 34.0 Å². The Labute approximate surface area is 162 Å². The van der Waals surface area contributed by atoms with Crippen LogP contribution >= 0.6 is 0 Å². The fraction of sp³-hybridized carbons (Fsp3) is 0.158. The summed E-state index contributed by atoms with van der Waals surface area (Å²) in [7, 11) is 0. The van der Waals surface area contributed by atoms with Crippen molar-refractivity contribution < 1.29 is 22.9 Å². The van der Waals surface area contributed by atoms with E-state index >= 15 is 0 Å². The lowest BCUT2D eigenvalue weighted by Crippen LogP contribution is -2.28. The fourth-order valence-electron chi connectivity index (χ4n) is 2.83. The monoisotopic (exact) mass is 404 g/mol. The average Bonchev–Trinajstić information content (AvgIpc) is 3.14. The van der Waals surface area contributed by atoms with Crippen molar-refractivity contribution in [3.8, 4) is 5.69 Å². The van der Waals surface area contributed by atoms with Crippen molar-refractivity contribution >= 4 is 11.6 Å². The molecule has 0 fully saturated rings. The number of nitro benzene ring substituents is 1. The number of hydrogen-bond acceptors (Lipinski definition) is 4. The van der Waals surface area contributed by atoms with Gasteiger partial charge in [0.2, 0.25) is 0 Å². The number of rotatable bonds is 6. The first-order valence-corrected chi connectivity index (χ1v) is 8.50. The highest BCUT2D eigenvalue weighted by molar-refractivity contribution is 5.95. The van der Waals surface area contributed by atoms with Crippen LogP contribution in [-0.4, -0.2) is 27.2 Å². The largest absolute Gasteiger partial charge is 0.434 e. The van der Waals surface area contributed by atoms with E-state index in [0.29, 0.717) is 11.1 Å². The second-order valence-corrected chi connectivity index (χ2v) is 6.05. The van der Waals surface area contributed by atoms with Gasteiger partial charge in [0, 0.05) is 12.6 Å². The number of halogens is 3. The molecule has 0 saturated heterocycles. The molecule has 1 N–H and O–H groups in total. The van der Waals surface area contributed by atoms with Crippen LogP contribution in [0.2, 0.25) is 0 Å². The molecule has 150 valence electrons. The topological polar surface area (TPSA) is 90.1 Å². The van der Waals surface area contributed by atoms with Crippen molar-refractivity contribution in [2.45, 2.75) is 12.6 Å². The Bertz CT molecular complexity index is 1030. The summed E-state index contributed by atoms with van der Waals surface area (Å²) in [5, 5.41) is 17.2. The molecule has 1 amide bonds. The second kappa shape index (κ2) is 8.13. The molecule has 1 aromatic heterocycles. The third-order valence-electron chi connectivity index (χ3n) is 4.13. The molecule has 7 nitrogen and oxygen atoms in total. The van der Waals surface area contributed by atoms with Gasteiger partial charge in [-0.2, -0.15) is 18.3 Å². The highest BCUT2D eigenvalue weighted by Gasteiger charge is 2.41. The molecule has 0 aliphatic rings. The third-order valence-corrected chi connectivity index (χ3v) is 4.13. The summed E-state index contributed by atoms with van der Waals surface area (Å²) in [6.45, 7) is 0.122. The summed E-state index contributed by atoms with van der Waals surface area (Å²) in [5.41, 5.74) is -2.10. The smallest absolute Gasteiger partial charge is 0.352 e. The lowest BCUT2D eigenvalue weighted by Gasteiger charge is -2.13. The van der Waals surface area contributed by atoms with Crippen LogP contribution in [0.15, 0.2) is 60.8 Å². The van der Waals surface area contributed by atoms with Crippen LogP contribution in [0.4, 0.5) is 18.9 Å². The SMILES string of the molecule is O=C(NCCc1ccccc1)c1cnn(-c2ccccc2[N+](=O)[O-])c1C(F)(F)F. The van der Waals surface area contributed by atoms with E-state index in [2.05, 4.69) is 10.4 Å². The van der Waals surface area contributed by atoms with Gasteiger partial charge in [0.15, 0.2) is 5.69 Å². The Morgan fingerprint density at radius 3 is 2.41 bits per heavy atom. The number of para-hydroxylation sites is 2. The van der Waals surface area contributed by atoms with Crippen LogP contribution in [0.25, 0.3) is 5.69 Å². The summed E-state index contributed by atoms with van der Waals surface area (Å²) in [5.74, 6) is -0.960. The Morgan fingerprint density at radius 1 is 1.10 bits per heavy atom. The molecular formula is C19H15F3N4O3. The van der Waals surface area contributed by atoms with Crippen molar-refractivity contribution in [3.63, 3.8) is 0 Å². The number of nitro groups is 1. The van der Waals surface area contributed by atoms with Crippen LogP contribution in [0, 0.1) is 10.1 Å². The molecule has 3 rings (SSSR count). The zero-order valence-corrected chi connectivity index (χ0v) is 14.9. The van der Waals surface area contributed by atoms with E-state index in [0.717, 1.165) is 23.9 Å². The zero-order chi connectivity index (χ0) is 21.0. The van der Waals surface area contributed by atoms with Gasteiger partial charge in [0.05, 0.1) is 16.7 Å². The molecule has 29 heavy (non-hydrogen) atoms. The minimum absolute atomic E-state index is 0.122. The van der Waals surface area contributed by atoms with Gasteiger partial charge in [-0.15, -0.1) is 0 Å². The lowest BCUT2D eigenvalue weighted by molar-refractivity contribution is -0.384. The quantitative estimate of drug-likeness (QED) is 0.500. The highest BCUT2D eigenvalue weighted by Crippen LogP contribution is 2.35. The minimum atomic E-state index is -4.95. The maximum Gasteiger partial charge on any atom is 0.434 e. The fourth-order valence-corrected chi connectivity index (χ4v) is 2.83. The van der Waals surface area contributed by atoms with Crippen LogP contribution < -0.4 is 5.32 Å². The minimum Gasteiger partial charge on any atom is -0.352 e. The molecule has 1 heterocycles. The van der Waals surface area contributed by atoms with Crippen molar-refractivity contribution in [2.75, 3.05) is 6.54 Å². The number of nitrogens with one attached hydrogen (secondary N) is 1. The Morgan fingerprint density at radius 2 is 1.76 bits per heavy atom. The normalized spacial score (nSPS) is 11.3. The number of alkyl halides is 3. The summed E-state index contributed by atoms with van der Waals surface area (Å²) < 4.78 is 41.5. The molecule has 0 spiro atoms. The first-order valence-electron chi connectivity index (χ1n) is 8.50. The first-order chi connectivity index (χ1) is 13.8. The Kier molecular flexibility index (Phi) is 5.62. The molecular weight excluding hydrogens is 389 g/mol. The van der Waals surface area contributed by atoms with E-state index in [-0.39, 0.29) is 12.2 Å². The molecule has 0 unspecified atom stereocenters. The molecule has 0 aliphatic carbocycles. The van der Waals surface area contributed by atoms with Crippen LogP contribution in [0.3, 0.4) is 0 Å². The van der Waals surface area contributed by atoms with Gasteiger partial charge in [-0.1, -0.05) is 42.5 Å². The second-order valence-electron chi connectivity index (χ2n) is 6.05. The van der Waals surface area contributed by atoms with Crippen LogP contribution in [0.1, 0.15) is 21.6 Å². The molecule has 0 aliphatic heterocycles. The number of carbonyl (C=O) groups excluding carboxylic acids is 1. The summed E-state index contributed by atoms with van der Waals surface area (Å²) in [6, 6.07) is 14.0. The third kappa shape index (κ3) is 4.42. The van der Waals surface area contributed by atoms with Crippen LogP contribution in [0.5, 0.6) is 0 Å². The van der Waals surface area contributed by atoms with Crippen LogP contribution in [-0.2, 0) is 12.6 Å². The predicted molar refractivity (Wildman–Crippen MR) is 97.7 cm³/mol. The summed E-state index contributed by atoms with van der Waals surface area (Å²) in [4.78, 5) is 22.7. The number of hydrogen-bond donors (Lipinski definition) is 1. The summed E-state index contributed by atoms with van der Waals surface area (Å²) in [6.07, 6.45) is -3.75. The number of nitrogens with zero attached hydrogens (tertiary/aromatic N) is 3. The van der Waals surface area contributed by atoms with Gasteiger partial charge in [0.1, 0.15) is 5.69 Å². The lowest BCUT2D eigenvalue weighted by atomic mass is 10.1. The zero-order valence-electron chi connectivity index (χ0n) is 14.9. The van der Waals surface area contributed by atoms with Gasteiger partial charge in [0.25, 0.3) is 11.6 Å².